The van der Waals surface area contributed by atoms with Gasteiger partial charge in [0, 0.05) is 18.9 Å². The average molecular weight is 419 g/mol. The summed E-state index contributed by atoms with van der Waals surface area (Å²) in [5, 5.41) is 3.59. The van der Waals surface area contributed by atoms with Crippen molar-refractivity contribution in [2.75, 3.05) is 6.61 Å². The number of alkyl halides is 3. The van der Waals surface area contributed by atoms with Crippen LogP contribution in [-0.2, 0) is 24.0 Å². The second-order valence-electron chi connectivity index (χ2n) is 7.95. The van der Waals surface area contributed by atoms with Crippen LogP contribution in [0.3, 0.4) is 0 Å². The molecule has 1 aliphatic carbocycles. The molecule has 0 amide bonds. The smallest absolute Gasteiger partial charge is 0.436 e. The monoisotopic (exact) mass is 419 g/mol. The minimum Gasteiger partial charge on any atom is -0.462 e. The second-order valence-corrected chi connectivity index (χ2v) is 7.95. The number of carbonyl (C=O) groups is 1. The van der Waals surface area contributed by atoms with Crippen molar-refractivity contribution in [1.82, 2.24) is 14.7 Å². The van der Waals surface area contributed by atoms with E-state index in [0.29, 0.717) is 0 Å². The molecule has 2 heterocycles. The molecule has 1 aromatic heterocycles. The van der Waals surface area contributed by atoms with Crippen molar-refractivity contribution in [3.8, 4) is 0 Å². The zero-order chi connectivity index (χ0) is 21.5. The van der Waals surface area contributed by atoms with Gasteiger partial charge in [-0.05, 0) is 49.8 Å². The van der Waals surface area contributed by atoms with Gasteiger partial charge in [-0.1, -0.05) is 24.3 Å². The highest BCUT2D eigenvalue weighted by molar-refractivity contribution is 5.90. The topological polar surface area (TPSA) is 47.4 Å². The summed E-state index contributed by atoms with van der Waals surface area (Å²) in [6.45, 7) is 4.68. The lowest BCUT2D eigenvalue weighted by Gasteiger charge is -2.58. The number of nitrogens with zero attached hydrogens (tertiary/aromatic N) is 3. The maximum Gasteiger partial charge on any atom is 0.436 e. The Morgan fingerprint density at radius 3 is 2.30 bits per heavy atom. The second kappa shape index (κ2) is 7.49. The zero-order valence-corrected chi connectivity index (χ0v) is 17.0. The van der Waals surface area contributed by atoms with E-state index in [1.165, 1.54) is 24.8 Å². The van der Waals surface area contributed by atoms with E-state index in [-0.39, 0.29) is 18.7 Å². The van der Waals surface area contributed by atoms with Crippen molar-refractivity contribution in [2.24, 2.45) is 0 Å². The first-order valence-corrected chi connectivity index (χ1v) is 10.1. The molecule has 0 unspecified atom stereocenters. The summed E-state index contributed by atoms with van der Waals surface area (Å²) in [4.78, 5) is 14.3. The number of hydrogen-bond acceptors (Lipinski definition) is 4. The average Bonchev–Trinajstić information content (AvgIpc) is 3.06. The Morgan fingerprint density at radius 2 is 1.80 bits per heavy atom. The van der Waals surface area contributed by atoms with E-state index < -0.39 is 23.4 Å². The van der Waals surface area contributed by atoms with Crippen molar-refractivity contribution >= 4 is 5.97 Å². The van der Waals surface area contributed by atoms with E-state index in [4.69, 9.17) is 4.74 Å². The van der Waals surface area contributed by atoms with E-state index in [9.17, 15) is 18.0 Å². The number of halogens is 3. The van der Waals surface area contributed by atoms with Gasteiger partial charge in [0.15, 0.2) is 5.69 Å². The molecule has 1 fully saturated rings. The minimum atomic E-state index is -4.72. The fraction of sp³-hybridized carbons (Fsp3) is 0.455. The third kappa shape index (κ3) is 3.59. The first-order valence-electron chi connectivity index (χ1n) is 10.1. The molecule has 0 radical (unpaired) electrons. The normalized spacial score (nSPS) is 17.4. The maximum atomic E-state index is 13.2. The summed E-state index contributed by atoms with van der Waals surface area (Å²) in [7, 11) is 0. The SMILES string of the molecule is CCOC(=O)c1cn(Cc2ccc(CN3C=C(C)C34CCC4)cc2)nc1C(F)(F)F. The van der Waals surface area contributed by atoms with Crippen molar-refractivity contribution in [2.45, 2.75) is 57.9 Å². The van der Waals surface area contributed by atoms with Crippen LogP contribution in [0, 0.1) is 0 Å². The fourth-order valence-electron chi connectivity index (χ4n) is 4.23. The van der Waals surface area contributed by atoms with Crippen LogP contribution in [0.15, 0.2) is 42.2 Å². The highest BCUT2D eigenvalue weighted by atomic mass is 19.4. The van der Waals surface area contributed by atoms with Crippen LogP contribution in [-0.4, -0.2) is 32.8 Å². The van der Waals surface area contributed by atoms with Crippen LogP contribution in [0.25, 0.3) is 0 Å². The van der Waals surface area contributed by atoms with Crippen LogP contribution in [0.1, 0.15) is 60.3 Å². The van der Waals surface area contributed by atoms with Gasteiger partial charge in [0.1, 0.15) is 5.56 Å². The molecule has 0 bridgehead atoms. The lowest BCUT2D eigenvalue weighted by Crippen LogP contribution is -2.58. The Balaban J connectivity index is 1.46. The largest absolute Gasteiger partial charge is 0.462 e. The highest BCUT2D eigenvalue weighted by Gasteiger charge is 2.48. The van der Waals surface area contributed by atoms with Gasteiger partial charge in [-0.25, -0.2) is 4.79 Å². The number of carbonyl (C=O) groups excluding carboxylic acids is 1. The molecule has 1 aromatic carbocycles. The first kappa shape index (κ1) is 20.5. The van der Waals surface area contributed by atoms with Crippen molar-refractivity contribution in [1.29, 1.82) is 0 Å². The lowest BCUT2D eigenvalue weighted by molar-refractivity contribution is -0.142. The Labute approximate surface area is 173 Å². The predicted octanol–water partition coefficient (Wildman–Crippen LogP) is 4.77. The molecule has 4 rings (SSSR count). The van der Waals surface area contributed by atoms with Gasteiger partial charge in [0.25, 0.3) is 0 Å². The van der Waals surface area contributed by atoms with Crippen LogP contribution in [0.4, 0.5) is 13.2 Å². The summed E-state index contributed by atoms with van der Waals surface area (Å²) in [6, 6.07) is 7.75. The van der Waals surface area contributed by atoms with Gasteiger partial charge >= 0.3 is 12.1 Å². The number of ether oxygens (including phenoxy) is 1. The van der Waals surface area contributed by atoms with Gasteiger partial charge in [-0.15, -0.1) is 0 Å². The molecular formula is C22H24F3N3O2. The molecule has 30 heavy (non-hydrogen) atoms. The molecule has 1 saturated carbocycles. The summed E-state index contributed by atoms with van der Waals surface area (Å²) < 4.78 is 45.6. The minimum absolute atomic E-state index is 0.00418. The Kier molecular flexibility index (Phi) is 5.11. The predicted molar refractivity (Wildman–Crippen MR) is 105 cm³/mol. The van der Waals surface area contributed by atoms with Gasteiger partial charge in [0.05, 0.1) is 18.7 Å². The maximum absolute atomic E-state index is 13.2. The Hall–Kier alpha value is -2.77. The number of aromatic nitrogens is 2. The molecule has 0 atom stereocenters. The molecule has 5 nitrogen and oxygen atoms in total. The molecule has 2 aromatic rings. The van der Waals surface area contributed by atoms with Gasteiger partial charge < -0.3 is 9.64 Å². The third-order valence-corrected chi connectivity index (χ3v) is 6.06. The summed E-state index contributed by atoms with van der Waals surface area (Å²) in [6.07, 6.45) is 2.25. The summed E-state index contributed by atoms with van der Waals surface area (Å²) in [5.74, 6) is -1.02. The van der Waals surface area contributed by atoms with Crippen LogP contribution in [0.2, 0.25) is 0 Å². The summed E-state index contributed by atoms with van der Waals surface area (Å²) in [5.41, 5.74) is 1.87. The van der Waals surface area contributed by atoms with E-state index in [0.717, 1.165) is 28.6 Å². The molecule has 2 aliphatic rings. The fourth-order valence-corrected chi connectivity index (χ4v) is 4.23. The molecule has 0 N–H and O–H groups in total. The highest BCUT2D eigenvalue weighted by Crippen LogP contribution is 2.50. The van der Waals surface area contributed by atoms with E-state index in [1.54, 1.807) is 6.92 Å². The molecule has 0 saturated heterocycles. The molecule has 1 aliphatic heterocycles. The lowest BCUT2D eigenvalue weighted by atomic mass is 9.67. The quantitative estimate of drug-likeness (QED) is 0.633. The van der Waals surface area contributed by atoms with Crippen molar-refractivity contribution < 1.29 is 22.7 Å². The van der Waals surface area contributed by atoms with E-state index >= 15 is 0 Å². The number of benzene rings is 1. The van der Waals surface area contributed by atoms with Gasteiger partial charge in [-0.3, -0.25) is 4.68 Å². The molecule has 8 heteroatoms. The van der Waals surface area contributed by atoms with Crippen LogP contribution in [0.5, 0.6) is 0 Å². The zero-order valence-electron chi connectivity index (χ0n) is 17.0. The van der Waals surface area contributed by atoms with E-state index in [1.807, 2.05) is 24.3 Å². The van der Waals surface area contributed by atoms with Crippen LogP contribution >= 0.6 is 0 Å². The first-order chi connectivity index (χ1) is 14.2. The van der Waals surface area contributed by atoms with Gasteiger partial charge in [0.2, 0.25) is 0 Å². The Morgan fingerprint density at radius 1 is 1.17 bits per heavy atom. The molecule has 1 spiro atoms. The number of esters is 1. The number of rotatable bonds is 6. The third-order valence-electron chi connectivity index (χ3n) is 6.06. The summed E-state index contributed by atoms with van der Waals surface area (Å²) >= 11 is 0. The van der Waals surface area contributed by atoms with Crippen molar-refractivity contribution in [3.63, 3.8) is 0 Å². The van der Waals surface area contributed by atoms with E-state index in [2.05, 4.69) is 23.1 Å². The molecular weight excluding hydrogens is 395 g/mol. The standard InChI is InChI=1S/C22H24F3N3O2/c1-3-30-20(29)18-14-28(26-19(18)22(23,24)25)13-17-7-5-16(6-8-17)12-27-11-15(2)21(27)9-4-10-21/h5-8,11,14H,3-4,9-10,12-13H2,1-2H3. The van der Waals surface area contributed by atoms with Crippen molar-refractivity contribution in [3.05, 3.63) is 64.6 Å². The Bertz CT molecular complexity index is 973. The van der Waals surface area contributed by atoms with Crippen LogP contribution < -0.4 is 0 Å². The van der Waals surface area contributed by atoms with Gasteiger partial charge in [-0.2, -0.15) is 18.3 Å². The molecule has 160 valence electrons. The number of hydrogen-bond donors (Lipinski definition) is 0.